The molecule has 0 atom stereocenters. The molecule has 0 radical (unpaired) electrons. The number of halogens is 1. The van der Waals surface area contributed by atoms with Crippen LogP contribution < -0.4 is 5.32 Å². The molecule has 0 aliphatic heterocycles. The molecule has 0 unspecified atom stereocenters. The number of amides is 1. The molecule has 27 heavy (non-hydrogen) atoms. The number of aryl methyl sites for hydroxylation is 1. The Morgan fingerprint density at radius 1 is 1.11 bits per heavy atom. The largest absolute Gasteiger partial charge is 0.306 e. The molecule has 2 aromatic carbocycles. The Hall–Kier alpha value is -3.88. The molecule has 0 aliphatic carbocycles. The van der Waals surface area contributed by atoms with Crippen LogP contribution in [0.2, 0.25) is 0 Å². The predicted molar refractivity (Wildman–Crippen MR) is 95.4 cm³/mol. The molecular weight excluding hydrogens is 349 g/mol. The van der Waals surface area contributed by atoms with E-state index in [1.165, 1.54) is 21.8 Å². The third-order valence-electron chi connectivity index (χ3n) is 3.88. The Labute approximate surface area is 153 Å². The molecule has 9 heteroatoms. The van der Waals surface area contributed by atoms with E-state index in [1.54, 1.807) is 55.5 Å². The first-order valence-electron chi connectivity index (χ1n) is 8.08. The highest BCUT2D eigenvalue weighted by atomic mass is 19.1. The highest BCUT2D eigenvalue weighted by molar-refractivity contribution is 6.04. The number of rotatable bonds is 4. The standard InChI is InChI=1S/C18H14FN7O/c1-12-9-17(26(22-12)16-8-3-2-7-15(16)19)21-18(27)13-5-4-6-14(10-13)25-11-20-23-24-25/h2-11H,1H3,(H,21,27). The first-order chi connectivity index (χ1) is 13.1. The SMILES string of the molecule is Cc1cc(NC(=O)c2cccc(-n3cnnn3)c2)n(-c2ccccc2F)n1. The summed E-state index contributed by atoms with van der Waals surface area (Å²) in [6.07, 6.45) is 1.44. The van der Waals surface area contributed by atoms with Crippen molar-refractivity contribution in [3.05, 3.63) is 78.0 Å². The maximum atomic E-state index is 14.1. The average molecular weight is 363 g/mol. The highest BCUT2D eigenvalue weighted by Gasteiger charge is 2.15. The number of hydrogen-bond acceptors (Lipinski definition) is 5. The van der Waals surface area contributed by atoms with Gasteiger partial charge in [0.25, 0.3) is 5.91 Å². The lowest BCUT2D eigenvalue weighted by Gasteiger charge is -2.10. The van der Waals surface area contributed by atoms with Crippen LogP contribution in [0.3, 0.4) is 0 Å². The molecule has 0 spiro atoms. The van der Waals surface area contributed by atoms with Crippen molar-refractivity contribution in [2.75, 3.05) is 5.32 Å². The van der Waals surface area contributed by atoms with Gasteiger partial charge in [-0.25, -0.2) is 13.8 Å². The van der Waals surface area contributed by atoms with Crippen molar-refractivity contribution in [3.8, 4) is 11.4 Å². The van der Waals surface area contributed by atoms with Crippen molar-refractivity contribution in [1.29, 1.82) is 0 Å². The minimum Gasteiger partial charge on any atom is -0.306 e. The molecule has 2 heterocycles. The molecule has 0 aliphatic rings. The quantitative estimate of drug-likeness (QED) is 0.602. The molecule has 2 aromatic heterocycles. The van der Waals surface area contributed by atoms with E-state index in [1.807, 2.05) is 0 Å². The predicted octanol–water partition coefficient (Wildman–Crippen LogP) is 2.55. The maximum absolute atomic E-state index is 14.1. The zero-order chi connectivity index (χ0) is 18.8. The van der Waals surface area contributed by atoms with E-state index in [9.17, 15) is 9.18 Å². The summed E-state index contributed by atoms with van der Waals surface area (Å²) < 4.78 is 17.0. The average Bonchev–Trinajstić information content (AvgIpc) is 3.32. The van der Waals surface area contributed by atoms with Crippen molar-refractivity contribution >= 4 is 11.7 Å². The minimum absolute atomic E-state index is 0.253. The number of anilines is 1. The molecule has 0 fully saturated rings. The summed E-state index contributed by atoms with van der Waals surface area (Å²) in [6, 6.07) is 14.7. The van der Waals surface area contributed by atoms with E-state index in [2.05, 4.69) is 25.9 Å². The van der Waals surface area contributed by atoms with Gasteiger partial charge in [0.05, 0.1) is 11.4 Å². The van der Waals surface area contributed by atoms with Crippen LogP contribution in [0.5, 0.6) is 0 Å². The van der Waals surface area contributed by atoms with Crippen molar-refractivity contribution in [3.63, 3.8) is 0 Å². The molecule has 134 valence electrons. The molecule has 0 bridgehead atoms. The van der Waals surface area contributed by atoms with Crippen molar-refractivity contribution < 1.29 is 9.18 Å². The van der Waals surface area contributed by atoms with E-state index in [4.69, 9.17) is 0 Å². The Bertz CT molecular complexity index is 1100. The zero-order valence-electron chi connectivity index (χ0n) is 14.2. The van der Waals surface area contributed by atoms with Gasteiger partial charge in [0.1, 0.15) is 23.6 Å². The van der Waals surface area contributed by atoms with Crippen LogP contribution in [-0.2, 0) is 0 Å². The van der Waals surface area contributed by atoms with Gasteiger partial charge in [-0.1, -0.05) is 18.2 Å². The van der Waals surface area contributed by atoms with Crippen LogP contribution in [-0.4, -0.2) is 35.9 Å². The van der Waals surface area contributed by atoms with Crippen LogP contribution >= 0.6 is 0 Å². The number of aromatic nitrogens is 6. The van der Waals surface area contributed by atoms with Gasteiger partial charge in [-0.05, 0) is 47.7 Å². The second-order valence-electron chi connectivity index (χ2n) is 5.79. The number of nitrogens with one attached hydrogen (secondary N) is 1. The summed E-state index contributed by atoms with van der Waals surface area (Å²) in [4.78, 5) is 12.7. The normalized spacial score (nSPS) is 10.7. The number of tetrazole rings is 1. The zero-order valence-corrected chi connectivity index (χ0v) is 14.2. The summed E-state index contributed by atoms with van der Waals surface area (Å²) in [7, 11) is 0. The van der Waals surface area contributed by atoms with E-state index < -0.39 is 5.82 Å². The summed E-state index contributed by atoms with van der Waals surface area (Å²) in [5, 5.41) is 18.0. The molecule has 1 amide bonds. The number of carbonyl (C=O) groups excluding carboxylic acids is 1. The van der Waals surface area contributed by atoms with Gasteiger partial charge in [-0.2, -0.15) is 5.10 Å². The van der Waals surface area contributed by atoms with Gasteiger partial charge >= 0.3 is 0 Å². The minimum atomic E-state index is -0.434. The van der Waals surface area contributed by atoms with E-state index in [-0.39, 0.29) is 11.6 Å². The molecule has 8 nitrogen and oxygen atoms in total. The van der Waals surface area contributed by atoms with Crippen LogP contribution in [0.1, 0.15) is 16.1 Å². The van der Waals surface area contributed by atoms with Gasteiger partial charge < -0.3 is 5.32 Å². The molecule has 0 saturated heterocycles. The van der Waals surface area contributed by atoms with Crippen LogP contribution in [0.15, 0.2) is 60.9 Å². The van der Waals surface area contributed by atoms with E-state index in [0.717, 1.165) is 0 Å². The Morgan fingerprint density at radius 2 is 1.96 bits per heavy atom. The van der Waals surface area contributed by atoms with Crippen molar-refractivity contribution in [1.82, 2.24) is 30.0 Å². The molecule has 4 rings (SSSR count). The fraction of sp³-hybridized carbons (Fsp3) is 0.0556. The van der Waals surface area contributed by atoms with Crippen LogP contribution in [0.4, 0.5) is 10.2 Å². The Balaban J connectivity index is 1.65. The van der Waals surface area contributed by atoms with Crippen molar-refractivity contribution in [2.24, 2.45) is 0 Å². The number of carbonyl (C=O) groups is 1. The fourth-order valence-corrected chi connectivity index (χ4v) is 2.65. The summed E-state index contributed by atoms with van der Waals surface area (Å²) >= 11 is 0. The number of benzene rings is 2. The second kappa shape index (κ2) is 6.79. The number of para-hydroxylation sites is 1. The maximum Gasteiger partial charge on any atom is 0.256 e. The molecule has 4 aromatic rings. The molecular formula is C18H14FN7O. The first kappa shape index (κ1) is 16.6. The number of nitrogens with zero attached hydrogens (tertiary/aromatic N) is 6. The summed E-state index contributed by atoms with van der Waals surface area (Å²) in [5.74, 6) is -0.422. The van der Waals surface area contributed by atoms with Gasteiger partial charge in [0, 0.05) is 11.6 Å². The summed E-state index contributed by atoms with van der Waals surface area (Å²) in [6.45, 7) is 1.77. The lowest BCUT2D eigenvalue weighted by molar-refractivity contribution is 0.102. The second-order valence-corrected chi connectivity index (χ2v) is 5.79. The third kappa shape index (κ3) is 3.30. The van der Waals surface area contributed by atoms with Crippen molar-refractivity contribution in [2.45, 2.75) is 6.92 Å². The first-order valence-corrected chi connectivity index (χ1v) is 8.08. The van der Waals surface area contributed by atoms with E-state index in [0.29, 0.717) is 22.8 Å². The van der Waals surface area contributed by atoms with Gasteiger partial charge in [-0.15, -0.1) is 5.10 Å². The smallest absolute Gasteiger partial charge is 0.256 e. The highest BCUT2D eigenvalue weighted by Crippen LogP contribution is 2.20. The Morgan fingerprint density at radius 3 is 2.74 bits per heavy atom. The molecule has 1 N–H and O–H groups in total. The number of hydrogen-bond donors (Lipinski definition) is 1. The topological polar surface area (TPSA) is 90.5 Å². The molecule has 0 saturated carbocycles. The fourth-order valence-electron chi connectivity index (χ4n) is 2.65. The van der Waals surface area contributed by atoms with E-state index >= 15 is 0 Å². The van der Waals surface area contributed by atoms with Gasteiger partial charge in [-0.3, -0.25) is 4.79 Å². The lowest BCUT2D eigenvalue weighted by atomic mass is 10.2. The monoisotopic (exact) mass is 363 g/mol. The van der Waals surface area contributed by atoms with Gasteiger partial charge in [0.2, 0.25) is 0 Å². The van der Waals surface area contributed by atoms with Crippen LogP contribution in [0.25, 0.3) is 11.4 Å². The third-order valence-corrected chi connectivity index (χ3v) is 3.88. The van der Waals surface area contributed by atoms with Crippen LogP contribution in [0, 0.1) is 12.7 Å². The Kier molecular flexibility index (Phi) is 4.17. The summed E-state index contributed by atoms with van der Waals surface area (Å²) in [5.41, 5.74) is 1.95. The lowest BCUT2D eigenvalue weighted by Crippen LogP contribution is -2.16. The van der Waals surface area contributed by atoms with Gasteiger partial charge in [0.15, 0.2) is 0 Å².